The summed E-state index contributed by atoms with van der Waals surface area (Å²) in [6.45, 7) is 0.435. The van der Waals surface area contributed by atoms with Crippen LogP contribution in [0.3, 0.4) is 0 Å². The summed E-state index contributed by atoms with van der Waals surface area (Å²) in [6.07, 6.45) is 0. The lowest BCUT2D eigenvalue weighted by molar-refractivity contribution is 0.0735. The average Bonchev–Trinajstić information content (AvgIpc) is 2.48. The summed E-state index contributed by atoms with van der Waals surface area (Å²) >= 11 is 0. The van der Waals surface area contributed by atoms with Crippen molar-refractivity contribution in [1.29, 1.82) is 5.26 Å². The third-order valence-corrected chi connectivity index (χ3v) is 2.62. The monoisotopic (exact) mass is 252 g/mol. The average molecular weight is 252 g/mol. The summed E-state index contributed by atoms with van der Waals surface area (Å²) in [5, 5.41) is 8.67. The molecule has 0 atom stereocenters. The molecule has 2 N–H and O–H groups in total. The minimum Gasteiger partial charge on any atom is -0.423 e. The lowest BCUT2D eigenvalue weighted by Gasteiger charge is -2.04. The number of benzene rings is 2. The van der Waals surface area contributed by atoms with E-state index in [0.717, 1.165) is 5.56 Å². The summed E-state index contributed by atoms with van der Waals surface area (Å²) in [5.41, 5.74) is 7.42. The number of hydrogen-bond donors (Lipinski definition) is 1. The van der Waals surface area contributed by atoms with E-state index in [1.165, 1.54) is 0 Å². The predicted octanol–water partition coefficient (Wildman–Crippen LogP) is 2.24. The fourth-order valence-electron chi connectivity index (χ4n) is 1.54. The van der Waals surface area contributed by atoms with Crippen molar-refractivity contribution in [2.75, 3.05) is 0 Å². The normalized spacial score (nSPS) is 9.68. The van der Waals surface area contributed by atoms with Gasteiger partial charge in [-0.2, -0.15) is 5.26 Å². The number of nitrogens with zero attached hydrogens (tertiary/aromatic N) is 1. The van der Waals surface area contributed by atoms with Gasteiger partial charge in [0.05, 0.1) is 17.2 Å². The van der Waals surface area contributed by atoms with Gasteiger partial charge >= 0.3 is 5.97 Å². The third kappa shape index (κ3) is 3.18. The maximum absolute atomic E-state index is 11.8. The van der Waals surface area contributed by atoms with Crippen LogP contribution in [0.25, 0.3) is 0 Å². The number of ether oxygens (including phenoxy) is 1. The second-order valence-corrected chi connectivity index (χ2v) is 3.93. The van der Waals surface area contributed by atoms with E-state index in [2.05, 4.69) is 0 Å². The molecular formula is C15H12N2O2. The molecule has 4 heteroatoms. The molecule has 0 radical (unpaired) electrons. The van der Waals surface area contributed by atoms with Crippen LogP contribution in [0.15, 0.2) is 48.5 Å². The topological polar surface area (TPSA) is 76.1 Å². The predicted molar refractivity (Wildman–Crippen MR) is 70.4 cm³/mol. The fraction of sp³-hybridized carbons (Fsp3) is 0.0667. The molecule has 0 aromatic heterocycles. The molecule has 2 aromatic rings. The Balaban J connectivity index is 2.09. The van der Waals surface area contributed by atoms with Crippen molar-refractivity contribution in [1.82, 2.24) is 0 Å². The number of hydrogen-bond acceptors (Lipinski definition) is 4. The number of carbonyl (C=O) groups is 1. The first-order valence-electron chi connectivity index (χ1n) is 5.74. The van der Waals surface area contributed by atoms with Crippen molar-refractivity contribution in [3.63, 3.8) is 0 Å². The molecule has 0 unspecified atom stereocenters. The molecule has 0 bridgehead atoms. The van der Waals surface area contributed by atoms with Crippen LogP contribution in [-0.2, 0) is 6.54 Å². The van der Waals surface area contributed by atoms with E-state index in [4.69, 9.17) is 15.7 Å². The second kappa shape index (κ2) is 5.80. The molecule has 0 aliphatic carbocycles. The van der Waals surface area contributed by atoms with Crippen LogP contribution in [-0.4, -0.2) is 5.97 Å². The van der Waals surface area contributed by atoms with E-state index in [1.54, 1.807) is 48.5 Å². The zero-order chi connectivity index (χ0) is 13.7. The number of carbonyl (C=O) groups excluding carboxylic acids is 1. The van der Waals surface area contributed by atoms with Crippen LogP contribution >= 0.6 is 0 Å². The summed E-state index contributed by atoms with van der Waals surface area (Å²) < 4.78 is 5.19. The molecule has 0 saturated carbocycles. The molecule has 0 saturated heterocycles. The Hall–Kier alpha value is -2.64. The van der Waals surface area contributed by atoms with Crippen molar-refractivity contribution in [3.05, 3.63) is 65.2 Å². The van der Waals surface area contributed by atoms with Gasteiger partial charge in [-0.15, -0.1) is 0 Å². The third-order valence-electron chi connectivity index (χ3n) is 2.62. The van der Waals surface area contributed by atoms with Crippen LogP contribution in [0.2, 0.25) is 0 Å². The van der Waals surface area contributed by atoms with Gasteiger partial charge in [0, 0.05) is 6.54 Å². The standard InChI is InChI=1S/C15H12N2O2/c16-9-11-1-5-13(6-2-11)15(18)19-14-7-3-12(10-17)4-8-14/h1-8H,9,16H2. The molecule has 0 aliphatic heterocycles. The summed E-state index contributed by atoms with van der Waals surface area (Å²) in [5.74, 6) is -0.0276. The molecule has 0 heterocycles. The Kier molecular flexibility index (Phi) is 3.91. The Labute approximate surface area is 111 Å². The minimum atomic E-state index is -0.437. The fourth-order valence-corrected chi connectivity index (χ4v) is 1.54. The SMILES string of the molecule is N#Cc1ccc(OC(=O)c2ccc(CN)cc2)cc1. The van der Waals surface area contributed by atoms with Gasteiger partial charge in [0.25, 0.3) is 0 Å². The Morgan fingerprint density at radius 1 is 1.11 bits per heavy atom. The highest BCUT2D eigenvalue weighted by Crippen LogP contribution is 2.14. The van der Waals surface area contributed by atoms with Crippen LogP contribution < -0.4 is 10.5 Å². The van der Waals surface area contributed by atoms with E-state index >= 15 is 0 Å². The van der Waals surface area contributed by atoms with Gasteiger partial charge in [0.1, 0.15) is 5.75 Å². The highest BCUT2D eigenvalue weighted by Gasteiger charge is 2.08. The number of esters is 1. The van der Waals surface area contributed by atoms with Gasteiger partial charge in [-0.05, 0) is 42.0 Å². The number of nitriles is 1. The Morgan fingerprint density at radius 2 is 1.74 bits per heavy atom. The van der Waals surface area contributed by atoms with Crippen LogP contribution in [0.5, 0.6) is 5.75 Å². The van der Waals surface area contributed by atoms with E-state index in [0.29, 0.717) is 23.4 Å². The summed E-state index contributed by atoms with van der Waals surface area (Å²) in [6, 6.07) is 15.3. The van der Waals surface area contributed by atoms with Gasteiger partial charge in [0.2, 0.25) is 0 Å². The number of nitrogens with two attached hydrogens (primary N) is 1. The maximum Gasteiger partial charge on any atom is 0.343 e. The van der Waals surface area contributed by atoms with Crippen molar-refractivity contribution < 1.29 is 9.53 Å². The van der Waals surface area contributed by atoms with E-state index < -0.39 is 5.97 Å². The molecule has 2 aromatic carbocycles. The van der Waals surface area contributed by atoms with E-state index in [-0.39, 0.29) is 0 Å². The van der Waals surface area contributed by atoms with Crippen LogP contribution in [0.1, 0.15) is 21.5 Å². The maximum atomic E-state index is 11.8. The van der Waals surface area contributed by atoms with Crippen molar-refractivity contribution in [2.24, 2.45) is 5.73 Å². The molecule has 4 nitrogen and oxygen atoms in total. The first kappa shape index (κ1) is 12.8. The largest absolute Gasteiger partial charge is 0.423 e. The zero-order valence-electron chi connectivity index (χ0n) is 10.2. The van der Waals surface area contributed by atoms with Crippen molar-refractivity contribution in [2.45, 2.75) is 6.54 Å². The van der Waals surface area contributed by atoms with Gasteiger partial charge in [-0.3, -0.25) is 0 Å². The lowest BCUT2D eigenvalue weighted by atomic mass is 10.1. The molecule has 0 spiro atoms. The van der Waals surface area contributed by atoms with Gasteiger partial charge in [-0.1, -0.05) is 12.1 Å². The van der Waals surface area contributed by atoms with E-state index in [9.17, 15) is 4.79 Å². The van der Waals surface area contributed by atoms with Crippen molar-refractivity contribution >= 4 is 5.97 Å². The highest BCUT2D eigenvalue weighted by molar-refractivity contribution is 5.91. The summed E-state index contributed by atoms with van der Waals surface area (Å²) in [7, 11) is 0. The minimum absolute atomic E-state index is 0.409. The molecule has 0 aliphatic rings. The molecule has 2 rings (SSSR count). The van der Waals surface area contributed by atoms with Gasteiger partial charge in [0.15, 0.2) is 0 Å². The first-order chi connectivity index (χ1) is 9.22. The first-order valence-corrected chi connectivity index (χ1v) is 5.74. The van der Waals surface area contributed by atoms with Gasteiger partial charge in [-0.25, -0.2) is 4.79 Å². The van der Waals surface area contributed by atoms with E-state index in [1.807, 2.05) is 6.07 Å². The molecule has 94 valence electrons. The highest BCUT2D eigenvalue weighted by atomic mass is 16.5. The molecule has 0 amide bonds. The van der Waals surface area contributed by atoms with Crippen LogP contribution in [0.4, 0.5) is 0 Å². The summed E-state index contributed by atoms with van der Waals surface area (Å²) in [4.78, 5) is 11.8. The Bertz CT molecular complexity index is 610. The van der Waals surface area contributed by atoms with Gasteiger partial charge < -0.3 is 10.5 Å². The molecule has 19 heavy (non-hydrogen) atoms. The molecular weight excluding hydrogens is 240 g/mol. The number of rotatable bonds is 3. The Morgan fingerprint density at radius 3 is 2.26 bits per heavy atom. The molecule has 0 fully saturated rings. The van der Waals surface area contributed by atoms with Crippen LogP contribution in [0, 0.1) is 11.3 Å². The quantitative estimate of drug-likeness (QED) is 0.671. The lowest BCUT2D eigenvalue weighted by Crippen LogP contribution is -2.08. The smallest absolute Gasteiger partial charge is 0.343 e. The second-order valence-electron chi connectivity index (χ2n) is 3.93. The van der Waals surface area contributed by atoms with Crippen molar-refractivity contribution in [3.8, 4) is 11.8 Å². The zero-order valence-corrected chi connectivity index (χ0v) is 10.2.